The van der Waals surface area contributed by atoms with E-state index >= 15 is 0 Å². The van der Waals surface area contributed by atoms with Gasteiger partial charge in [-0.15, -0.1) is 0 Å². The third kappa shape index (κ3) is 2.32. The van der Waals surface area contributed by atoms with Gasteiger partial charge in [-0.1, -0.05) is 36.4 Å². The number of nitrogens with one attached hydrogen (secondary N) is 1. The number of benzene rings is 2. The SMILES string of the molecule is Cc1ccc2c(c1)[nH]c(=O)n2CCc1ccccc1. The molecule has 0 saturated carbocycles. The first kappa shape index (κ1) is 11.8. The lowest BCUT2D eigenvalue weighted by atomic mass is 10.1. The minimum atomic E-state index is -0.0310. The Bertz CT molecular complexity index is 753. The number of nitrogens with zero attached hydrogens (tertiary/aromatic N) is 1. The van der Waals surface area contributed by atoms with Gasteiger partial charge in [0, 0.05) is 6.54 Å². The van der Waals surface area contributed by atoms with Gasteiger partial charge < -0.3 is 4.98 Å². The molecule has 96 valence electrons. The maximum absolute atomic E-state index is 12.0. The fourth-order valence-corrected chi connectivity index (χ4v) is 2.39. The summed E-state index contributed by atoms with van der Waals surface area (Å²) in [6.45, 7) is 2.73. The fourth-order valence-electron chi connectivity index (χ4n) is 2.39. The highest BCUT2D eigenvalue weighted by Crippen LogP contribution is 2.13. The molecule has 1 heterocycles. The summed E-state index contributed by atoms with van der Waals surface area (Å²) in [4.78, 5) is 14.9. The van der Waals surface area contributed by atoms with E-state index in [-0.39, 0.29) is 5.69 Å². The Morgan fingerprint density at radius 2 is 1.89 bits per heavy atom. The molecule has 0 aliphatic heterocycles. The van der Waals surface area contributed by atoms with Gasteiger partial charge in [-0.3, -0.25) is 4.57 Å². The van der Waals surface area contributed by atoms with Crippen LogP contribution >= 0.6 is 0 Å². The average Bonchev–Trinajstić information content (AvgIpc) is 2.72. The molecule has 0 spiro atoms. The molecule has 3 rings (SSSR count). The van der Waals surface area contributed by atoms with E-state index in [0.717, 1.165) is 23.0 Å². The van der Waals surface area contributed by atoms with Crippen LogP contribution in [-0.2, 0) is 13.0 Å². The summed E-state index contributed by atoms with van der Waals surface area (Å²) in [6, 6.07) is 16.3. The van der Waals surface area contributed by atoms with Crippen molar-refractivity contribution in [3.63, 3.8) is 0 Å². The number of hydrogen-bond acceptors (Lipinski definition) is 1. The van der Waals surface area contributed by atoms with Gasteiger partial charge in [-0.25, -0.2) is 4.79 Å². The molecule has 0 unspecified atom stereocenters. The van der Waals surface area contributed by atoms with Crippen LogP contribution in [0, 0.1) is 6.92 Å². The summed E-state index contributed by atoms with van der Waals surface area (Å²) in [6.07, 6.45) is 0.863. The maximum Gasteiger partial charge on any atom is 0.326 e. The lowest BCUT2D eigenvalue weighted by molar-refractivity contribution is 0.691. The molecule has 2 aromatic carbocycles. The van der Waals surface area contributed by atoms with Gasteiger partial charge in [-0.2, -0.15) is 0 Å². The molecule has 0 saturated heterocycles. The average molecular weight is 252 g/mol. The zero-order valence-corrected chi connectivity index (χ0v) is 10.9. The highest BCUT2D eigenvalue weighted by molar-refractivity contribution is 5.75. The molecule has 1 aromatic heterocycles. The molecular weight excluding hydrogens is 236 g/mol. The zero-order valence-electron chi connectivity index (χ0n) is 10.9. The molecule has 0 atom stereocenters. The van der Waals surface area contributed by atoms with Gasteiger partial charge >= 0.3 is 5.69 Å². The van der Waals surface area contributed by atoms with Gasteiger partial charge in [0.2, 0.25) is 0 Å². The van der Waals surface area contributed by atoms with Crippen molar-refractivity contribution in [2.75, 3.05) is 0 Å². The van der Waals surface area contributed by atoms with Gasteiger partial charge in [0.05, 0.1) is 11.0 Å². The second-order valence-corrected chi connectivity index (χ2v) is 4.84. The lowest BCUT2D eigenvalue weighted by Gasteiger charge is -2.04. The Kier molecular flexibility index (Phi) is 2.95. The van der Waals surface area contributed by atoms with Crippen molar-refractivity contribution in [1.29, 1.82) is 0 Å². The minimum Gasteiger partial charge on any atom is -0.306 e. The predicted octanol–water partition coefficient (Wildman–Crippen LogP) is 2.88. The smallest absolute Gasteiger partial charge is 0.306 e. The highest BCUT2D eigenvalue weighted by Gasteiger charge is 2.06. The number of aromatic amines is 1. The Labute approximate surface area is 111 Å². The second-order valence-electron chi connectivity index (χ2n) is 4.84. The highest BCUT2D eigenvalue weighted by atomic mass is 16.1. The molecule has 1 N–H and O–H groups in total. The van der Waals surface area contributed by atoms with Crippen LogP contribution in [-0.4, -0.2) is 9.55 Å². The number of aromatic nitrogens is 2. The normalized spacial score (nSPS) is 11.0. The van der Waals surface area contributed by atoms with Crippen LogP contribution in [0.3, 0.4) is 0 Å². The molecule has 0 aliphatic carbocycles. The number of imidazole rings is 1. The third-order valence-electron chi connectivity index (χ3n) is 3.40. The molecule has 0 aliphatic rings. The van der Waals surface area contributed by atoms with Crippen molar-refractivity contribution >= 4 is 11.0 Å². The standard InChI is InChI=1S/C16H16N2O/c1-12-7-8-15-14(11-12)17-16(19)18(15)10-9-13-5-3-2-4-6-13/h2-8,11H,9-10H2,1H3,(H,17,19). The van der Waals surface area contributed by atoms with E-state index in [4.69, 9.17) is 0 Å². The lowest BCUT2D eigenvalue weighted by Crippen LogP contribution is -2.17. The largest absolute Gasteiger partial charge is 0.326 e. The number of H-pyrrole nitrogens is 1. The van der Waals surface area contributed by atoms with Crippen LogP contribution in [0.1, 0.15) is 11.1 Å². The van der Waals surface area contributed by atoms with Crippen LogP contribution < -0.4 is 5.69 Å². The quantitative estimate of drug-likeness (QED) is 0.764. The molecule has 0 radical (unpaired) electrons. The molecule has 0 fully saturated rings. The monoisotopic (exact) mass is 252 g/mol. The summed E-state index contributed by atoms with van der Waals surface area (Å²) in [7, 11) is 0. The number of hydrogen-bond donors (Lipinski definition) is 1. The summed E-state index contributed by atoms with van der Waals surface area (Å²) >= 11 is 0. The number of aryl methyl sites for hydroxylation is 3. The number of rotatable bonds is 3. The Balaban J connectivity index is 1.93. The summed E-state index contributed by atoms with van der Waals surface area (Å²) < 4.78 is 1.81. The van der Waals surface area contributed by atoms with Gasteiger partial charge in [-0.05, 0) is 36.6 Å². The molecule has 19 heavy (non-hydrogen) atoms. The Hall–Kier alpha value is -2.29. The van der Waals surface area contributed by atoms with E-state index in [1.807, 2.05) is 47.9 Å². The van der Waals surface area contributed by atoms with Crippen LogP contribution in [0.2, 0.25) is 0 Å². The van der Waals surface area contributed by atoms with Crippen molar-refractivity contribution in [2.24, 2.45) is 0 Å². The number of fused-ring (bicyclic) bond motifs is 1. The zero-order chi connectivity index (χ0) is 13.2. The molecule has 3 nitrogen and oxygen atoms in total. The maximum atomic E-state index is 12.0. The molecule has 3 aromatic rings. The Morgan fingerprint density at radius 1 is 1.11 bits per heavy atom. The first-order valence-corrected chi connectivity index (χ1v) is 6.47. The van der Waals surface area contributed by atoms with Crippen LogP contribution in [0.15, 0.2) is 53.3 Å². The molecular formula is C16H16N2O. The van der Waals surface area contributed by atoms with Crippen molar-refractivity contribution in [3.05, 3.63) is 70.1 Å². The summed E-state index contributed by atoms with van der Waals surface area (Å²) in [5.74, 6) is 0. The van der Waals surface area contributed by atoms with Crippen LogP contribution in [0.4, 0.5) is 0 Å². The topological polar surface area (TPSA) is 37.8 Å². The fraction of sp³-hybridized carbons (Fsp3) is 0.188. The van der Waals surface area contributed by atoms with E-state index < -0.39 is 0 Å². The molecule has 0 bridgehead atoms. The van der Waals surface area contributed by atoms with E-state index in [1.165, 1.54) is 5.56 Å². The van der Waals surface area contributed by atoms with E-state index in [0.29, 0.717) is 6.54 Å². The van der Waals surface area contributed by atoms with Crippen molar-refractivity contribution in [3.8, 4) is 0 Å². The molecule has 0 amide bonds. The summed E-state index contributed by atoms with van der Waals surface area (Å²) in [5.41, 5.74) is 4.26. The van der Waals surface area contributed by atoms with E-state index in [9.17, 15) is 4.79 Å². The second kappa shape index (κ2) is 4.76. The van der Waals surface area contributed by atoms with Crippen LogP contribution in [0.5, 0.6) is 0 Å². The van der Waals surface area contributed by atoms with E-state index in [2.05, 4.69) is 17.1 Å². The van der Waals surface area contributed by atoms with Gasteiger partial charge in [0.1, 0.15) is 0 Å². The predicted molar refractivity (Wildman–Crippen MR) is 77.4 cm³/mol. The first-order valence-electron chi connectivity index (χ1n) is 6.47. The summed E-state index contributed by atoms with van der Waals surface area (Å²) in [5, 5.41) is 0. The van der Waals surface area contributed by atoms with Crippen molar-refractivity contribution < 1.29 is 0 Å². The van der Waals surface area contributed by atoms with Crippen molar-refractivity contribution in [2.45, 2.75) is 19.9 Å². The third-order valence-corrected chi connectivity index (χ3v) is 3.40. The van der Waals surface area contributed by atoms with Crippen molar-refractivity contribution in [1.82, 2.24) is 9.55 Å². The van der Waals surface area contributed by atoms with E-state index in [1.54, 1.807) is 0 Å². The van der Waals surface area contributed by atoms with Gasteiger partial charge in [0.25, 0.3) is 0 Å². The first-order chi connectivity index (χ1) is 9.24. The van der Waals surface area contributed by atoms with Gasteiger partial charge in [0.15, 0.2) is 0 Å². The minimum absolute atomic E-state index is 0.0310. The van der Waals surface area contributed by atoms with Crippen LogP contribution in [0.25, 0.3) is 11.0 Å². The Morgan fingerprint density at radius 3 is 2.68 bits per heavy atom. The molecule has 3 heteroatoms.